The van der Waals surface area contributed by atoms with E-state index in [4.69, 9.17) is 5.11 Å². The first-order valence-corrected chi connectivity index (χ1v) is 5.53. The highest BCUT2D eigenvalue weighted by Crippen LogP contribution is 2.13. The summed E-state index contributed by atoms with van der Waals surface area (Å²) in [6.07, 6.45) is 9.61. The summed E-state index contributed by atoms with van der Waals surface area (Å²) >= 11 is 0. The zero-order chi connectivity index (χ0) is 10.8. The van der Waals surface area contributed by atoms with Crippen molar-refractivity contribution in [3.8, 4) is 12.0 Å². The standard InChI is InChI=1S/C13H22O/c1-4-5-6-7-8-9-12(2)13(3)10-11-14/h14H,4-9H2,1-3H3. The molecule has 0 aliphatic carbocycles. The van der Waals surface area contributed by atoms with Crippen molar-refractivity contribution in [1.29, 1.82) is 0 Å². The summed E-state index contributed by atoms with van der Waals surface area (Å²) in [7, 11) is 0. The minimum absolute atomic E-state index is 1.02. The monoisotopic (exact) mass is 194 g/mol. The summed E-state index contributed by atoms with van der Waals surface area (Å²) in [6, 6.07) is 0. The van der Waals surface area contributed by atoms with Gasteiger partial charge in [-0.15, -0.1) is 0 Å². The van der Waals surface area contributed by atoms with Crippen molar-refractivity contribution in [3.63, 3.8) is 0 Å². The number of hydrogen-bond acceptors (Lipinski definition) is 1. The van der Waals surface area contributed by atoms with Crippen LogP contribution in [-0.4, -0.2) is 5.11 Å². The Hall–Kier alpha value is -0.900. The highest BCUT2D eigenvalue weighted by molar-refractivity contribution is 5.29. The average molecular weight is 194 g/mol. The molecule has 1 heteroatoms. The lowest BCUT2D eigenvalue weighted by molar-refractivity contribution is 0.517. The van der Waals surface area contributed by atoms with E-state index in [0.29, 0.717) is 0 Å². The molecular weight excluding hydrogens is 172 g/mol. The van der Waals surface area contributed by atoms with Crippen LogP contribution < -0.4 is 0 Å². The second-order valence-electron chi connectivity index (χ2n) is 3.81. The molecule has 1 nitrogen and oxygen atoms in total. The molecule has 1 N–H and O–H groups in total. The van der Waals surface area contributed by atoms with Crippen molar-refractivity contribution in [1.82, 2.24) is 0 Å². The lowest BCUT2D eigenvalue weighted by atomic mass is 10.0. The Labute approximate surface area is 88.2 Å². The summed E-state index contributed by atoms with van der Waals surface area (Å²) in [5.74, 6) is 2.68. The van der Waals surface area contributed by atoms with Crippen LogP contribution in [-0.2, 0) is 0 Å². The van der Waals surface area contributed by atoms with Crippen LogP contribution in [0.2, 0.25) is 0 Å². The lowest BCUT2D eigenvalue weighted by Gasteiger charge is -2.02. The summed E-state index contributed by atoms with van der Waals surface area (Å²) in [4.78, 5) is 0. The van der Waals surface area contributed by atoms with Crippen LogP contribution in [0.15, 0.2) is 11.1 Å². The second-order valence-corrected chi connectivity index (χ2v) is 3.81. The Kier molecular flexibility index (Phi) is 8.13. The molecule has 0 amide bonds. The Morgan fingerprint density at radius 2 is 1.71 bits per heavy atom. The van der Waals surface area contributed by atoms with Gasteiger partial charge in [0.15, 0.2) is 0 Å². The van der Waals surface area contributed by atoms with E-state index in [1.807, 2.05) is 13.0 Å². The van der Waals surface area contributed by atoms with Crippen molar-refractivity contribution in [2.75, 3.05) is 0 Å². The molecule has 0 rings (SSSR count). The summed E-state index contributed by atoms with van der Waals surface area (Å²) < 4.78 is 0. The molecule has 0 saturated heterocycles. The number of aliphatic hydroxyl groups is 1. The molecule has 0 aromatic heterocycles. The molecule has 0 aromatic carbocycles. The van der Waals surface area contributed by atoms with E-state index in [2.05, 4.69) is 19.8 Å². The van der Waals surface area contributed by atoms with Gasteiger partial charge in [0.25, 0.3) is 0 Å². The van der Waals surface area contributed by atoms with Crippen molar-refractivity contribution in [2.45, 2.75) is 59.3 Å². The van der Waals surface area contributed by atoms with Gasteiger partial charge in [-0.05, 0) is 32.6 Å². The van der Waals surface area contributed by atoms with Gasteiger partial charge in [0.2, 0.25) is 0 Å². The van der Waals surface area contributed by atoms with Gasteiger partial charge in [0, 0.05) is 5.57 Å². The van der Waals surface area contributed by atoms with Gasteiger partial charge in [0.05, 0.1) is 0 Å². The number of unbranched alkanes of at least 4 members (excludes halogenated alkanes) is 4. The van der Waals surface area contributed by atoms with Crippen LogP contribution in [0.4, 0.5) is 0 Å². The van der Waals surface area contributed by atoms with E-state index in [-0.39, 0.29) is 0 Å². The predicted octanol–water partition coefficient (Wildman–Crippen LogP) is 4.02. The average Bonchev–Trinajstić information content (AvgIpc) is 2.17. The van der Waals surface area contributed by atoms with Crippen molar-refractivity contribution in [2.24, 2.45) is 0 Å². The van der Waals surface area contributed by atoms with Gasteiger partial charge in [0.1, 0.15) is 6.11 Å². The number of rotatable bonds is 6. The molecule has 0 unspecified atom stereocenters. The molecule has 0 aliphatic heterocycles. The normalized spacial score (nSPS) is 11.6. The number of allylic oxidation sites excluding steroid dienone is 2. The molecule has 0 fully saturated rings. The Bertz CT molecular complexity index is 227. The second kappa shape index (κ2) is 8.69. The zero-order valence-electron chi connectivity index (χ0n) is 9.69. The SMILES string of the molecule is CCCCCCCC(C)=C(C)C#CO. The van der Waals surface area contributed by atoms with Crippen LogP contribution in [0.5, 0.6) is 0 Å². The van der Waals surface area contributed by atoms with E-state index >= 15 is 0 Å². The van der Waals surface area contributed by atoms with E-state index in [0.717, 1.165) is 12.0 Å². The number of aliphatic hydroxyl groups excluding tert-OH is 1. The zero-order valence-corrected chi connectivity index (χ0v) is 9.69. The van der Waals surface area contributed by atoms with E-state index < -0.39 is 0 Å². The third-order valence-corrected chi connectivity index (χ3v) is 2.54. The highest BCUT2D eigenvalue weighted by atomic mass is 16.2. The third-order valence-electron chi connectivity index (χ3n) is 2.54. The highest BCUT2D eigenvalue weighted by Gasteiger charge is 1.95. The van der Waals surface area contributed by atoms with E-state index in [9.17, 15) is 0 Å². The Balaban J connectivity index is 3.66. The first-order chi connectivity index (χ1) is 6.72. The van der Waals surface area contributed by atoms with Gasteiger partial charge < -0.3 is 5.11 Å². The molecular formula is C13H22O. The van der Waals surface area contributed by atoms with Gasteiger partial charge in [-0.25, -0.2) is 0 Å². The van der Waals surface area contributed by atoms with Crippen LogP contribution in [0.25, 0.3) is 0 Å². The van der Waals surface area contributed by atoms with Crippen molar-refractivity contribution < 1.29 is 5.11 Å². The van der Waals surface area contributed by atoms with Gasteiger partial charge in [-0.2, -0.15) is 0 Å². The molecule has 80 valence electrons. The Morgan fingerprint density at radius 1 is 1.07 bits per heavy atom. The van der Waals surface area contributed by atoms with Crippen molar-refractivity contribution >= 4 is 0 Å². The first-order valence-electron chi connectivity index (χ1n) is 5.53. The molecule has 14 heavy (non-hydrogen) atoms. The first kappa shape index (κ1) is 13.1. The molecule has 0 aromatic rings. The fourth-order valence-electron chi connectivity index (χ4n) is 1.37. The fourth-order valence-corrected chi connectivity index (χ4v) is 1.37. The largest absolute Gasteiger partial charge is 0.462 e. The number of hydrogen-bond donors (Lipinski definition) is 1. The van der Waals surface area contributed by atoms with E-state index in [1.54, 1.807) is 0 Å². The molecule has 0 atom stereocenters. The third kappa shape index (κ3) is 6.60. The molecule has 0 saturated carbocycles. The van der Waals surface area contributed by atoms with Crippen molar-refractivity contribution in [3.05, 3.63) is 11.1 Å². The maximum absolute atomic E-state index is 8.43. The summed E-state index contributed by atoms with van der Waals surface area (Å²) in [6.45, 7) is 6.29. The minimum Gasteiger partial charge on any atom is -0.462 e. The topological polar surface area (TPSA) is 20.2 Å². The molecule has 0 bridgehead atoms. The van der Waals surface area contributed by atoms with Gasteiger partial charge in [-0.1, -0.05) is 38.2 Å². The van der Waals surface area contributed by atoms with Crippen LogP contribution in [0, 0.1) is 12.0 Å². The fraction of sp³-hybridized carbons (Fsp3) is 0.692. The van der Waals surface area contributed by atoms with Crippen LogP contribution in [0.1, 0.15) is 59.3 Å². The minimum atomic E-state index is 1.02. The van der Waals surface area contributed by atoms with E-state index in [1.165, 1.54) is 37.7 Å². The summed E-state index contributed by atoms with van der Waals surface area (Å²) in [5, 5.41) is 8.43. The molecule has 0 spiro atoms. The lowest BCUT2D eigenvalue weighted by Crippen LogP contribution is -1.84. The van der Waals surface area contributed by atoms with Crippen LogP contribution in [0.3, 0.4) is 0 Å². The van der Waals surface area contributed by atoms with Gasteiger partial charge in [-0.3, -0.25) is 0 Å². The molecule has 0 aliphatic rings. The predicted molar refractivity (Wildman–Crippen MR) is 61.5 cm³/mol. The smallest absolute Gasteiger partial charge is 0.112 e. The van der Waals surface area contributed by atoms with Crippen LogP contribution >= 0.6 is 0 Å². The summed E-state index contributed by atoms with van der Waals surface area (Å²) in [5.41, 5.74) is 2.33. The molecule has 0 radical (unpaired) electrons. The maximum Gasteiger partial charge on any atom is 0.112 e. The quantitative estimate of drug-likeness (QED) is 0.500. The maximum atomic E-state index is 8.43. The van der Waals surface area contributed by atoms with Gasteiger partial charge >= 0.3 is 0 Å². The Morgan fingerprint density at radius 3 is 2.29 bits per heavy atom. The molecule has 0 heterocycles.